The molecule has 0 aliphatic carbocycles. The van der Waals surface area contributed by atoms with Gasteiger partial charge in [-0.3, -0.25) is 4.79 Å². The van der Waals surface area contributed by atoms with Gasteiger partial charge in [0.2, 0.25) is 5.24 Å². The van der Waals surface area contributed by atoms with Crippen LogP contribution >= 0.6 is 11.6 Å². The van der Waals surface area contributed by atoms with Gasteiger partial charge in [0.25, 0.3) is 0 Å². The Morgan fingerprint density at radius 2 is 2.07 bits per heavy atom. The molecule has 1 aromatic carbocycles. The standard InChI is InChI=1S/C13H17ClO/c1-3-4-7-11-8-5-6-9-12(11)10(2)13(14)15/h5-6,8-10H,3-4,7H2,1-2H3. The minimum Gasteiger partial charge on any atom is -0.281 e. The molecule has 0 heterocycles. The maximum Gasteiger partial charge on any atom is 0.228 e. The molecule has 0 radical (unpaired) electrons. The summed E-state index contributed by atoms with van der Waals surface area (Å²) in [7, 11) is 0. The van der Waals surface area contributed by atoms with Crippen LogP contribution in [0.25, 0.3) is 0 Å². The van der Waals surface area contributed by atoms with E-state index < -0.39 is 0 Å². The van der Waals surface area contributed by atoms with Crippen molar-refractivity contribution in [1.29, 1.82) is 0 Å². The number of carbonyl (C=O) groups is 1. The first-order valence-corrected chi connectivity index (χ1v) is 5.81. The molecule has 1 nitrogen and oxygen atoms in total. The van der Waals surface area contributed by atoms with E-state index in [1.807, 2.05) is 25.1 Å². The molecule has 1 atom stereocenters. The summed E-state index contributed by atoms with van der Waals surface area (Å²) in [6, 6.07) is 8.05. The Morgan fingerprint density at radius 1 is 1.40 bits per heavy atom. The monoisotopic (exact) mass is 224 g/mol. The molecule has 1 aromatic rings. The molecule has 0 amide bonds. The summed E-state index contributed by atoms with van der Waals surface area (Å²) in [4.78, 5) is 11.1. The number of unbranched alkanes of at least 4 members (excludes halogenated alkanes) is 1. The normalized spacial score (nSPS) is 12.5. The third-order valence-electron chi connectivity index (χ3n) is 2.66. The largest absolute Gasteiger partial charge is 0.281 e. The summed E-state index contributed by atoms with van der Waals surface area (Å²) in [6.07, 6.45) is 3.35. The molecule has 1 rings (SSSR count). The quantitative estimate of drug-likeness (QED) is 0.694. The Bertz CT molecular complexity index is 333. The van der Waals surface area contributed by atoms with Crippen LogP contribution in [0.4, 0.5) is 0 Å². The van der Waals surface area contributed by atoms with Crippen LogP contribution in [0.15, 0.2) is 24.3 Å². The van der Waals surface area contributed by atoms with Gasteiger partial charge < -0.3 is 0 Å². The highest BCUT2D eigenvalue weighted by atomic mass is 35.5. The van der Waals surface area contributed by atoms with Crippen molar-refractivity contribution in [2.24, 2.45) is 0 Å². The zero-order valence-electron chi connectivity index (χ0n) is 9.29. The highest BCUT2D eigenvalue weighted by Crippen LogP contribution is 2.23. The van der Waals surface area contributed by atoms with E-state index >= 15 is 0 Å². The third-order valence-corrected chi connectivity index (χ3v) is 2.99. The number of hydrogen-bond acceptors (Lipinski definition) is 1. The van der Waals surface area contributed by atoms with Gasteiger partial charge in [0, 0.05) is 0 Å². The molecule has 0 aromatic heterocycles. The highest BCUT2D eigenvalue weighted by Gasteiger charge is 2.15. The minimum absolute atomic E-state index is 0.195. The van der Waals surface area contributed by atoms with E-state index in [4.69, 9.17) is 11.6 Å². The van der Waals surface area contributed by atoms with Crippen LogP contribution < -0.4 is 0 Å². The Morgan fingerprint density at radius 3 is 2.67 bits per heavy atom. The fourth-order valence-electron chi connectivity index (χ4n) is 1.67. The van der Waals surface area contributed by atoms with Crippen LogP contribution in [0.2, 0.25) is 0 Å². The van der Waals surface area contributed by atoms with Crippen molar-refractivity contribution >= 4 is 16.8 Å². The fraction of sp³-hybridized carbons (Fsp3) is 0.462. The molecule has 0 aliphatic heterocycles. The molecule has 0 N–H and O–H groups in total. The molecule has 0 bridgehead atoms. The second-order valence-corrected chi connectivity index (χ2v) is 4.20. The van der Waals surface area contributed by atoms with Crippen LogP contribution in [0, 0.1) is 0 Å². The number of benzene rings is 1. The molecule has 0 aliphatic rings. The summed E-state index contributed by atoms with van der Waals surface area (Å²) in [5.41, 5.74) is 2.33. The zero-order chi connectivity index (χ0) is 11.3. The van der Waals surface area contributed by atoms with Gasteiger partial charge in [0.05, 0.1) is 5.92 Å². The van der Waals surface area contributed by atoms with Gasteiger partial charge in [-0.25, -0.2) is 0 Å². The van der Waals surface area contributed by atoms with Crippen molar-refractivity contribution < 1.29 is 4.79 Å². The molecule has 1 unspecified atom stereocenters. The van der Waals surface area contributed by atoms with E-state index in [1.54, 1.807) is 0 Å². The third kappa shape index (κ3) is 3.35. The summed E-state index contributed by atoms with van der Waals surface area (Å²) >= 11 is 5.53. The Labute approximate surface area is 96.5 Å². The van der Waals surface area contributed by atoms with Gasteiger partial charge in [0.1, 0.15) is 0 Å². The van der Waals surface area contributed by atoms with Gasteiger partial charge in [-0.05, 0) is 35.6 Å². The SMILES string of the molecule is CCCCc1ccccc1C(C)C(=O)Cl. The first-order valence-electron chi connectivity index (χ1n) is 5.44. The predicted octanol–water partition coefficient (Wildman–Crippen LogP) is 3.90. The number of aryl methyl sites for hydroxylation is 1. The Kier molecular flexibility index (Phi) is 4.83. The summed E-state index contributed by atoms with van der Waals surface area (Å²) in [5.74, 6) is -0.195. The van der Waals surface area contributed by atoms with Crippen molar-refractivity contribution in [1.82, 2.24) is 0 Å². The zero-order valence-corrected chi connectivity index (χ0v) is 10.1. The van der Waals surface area contributed by atoms with Crippen molar-refractivity contribution in [2.45, 2.75) is 39.0 Å². The summed E-state index contributed by atoms with van der Waals surface area (Å²) in [6.45, 7) is 4.03. The average molecular weight is 225 g/mol. The lowest BCUT2D eigenvalue weighted by atomic mass is 9.94. The van der Waals surface area contributed by atoms with Gasteiger partial charge in [-0.2, -0.15) is 0 Å². The molecule has 0 spiro atoms. The van der Waals surface area contributed by atoms with E-state index in [2.05, 4.69) is 13.0 Å². The molecular formula is C13H17ClO. The van der Waals surface area contributed by atoms with Crippen molar-refractivity contribution in [3.63, 3.8) is 0 Å². The smallest absolute Gasteiger partial charge is 0.228 e. The Hall–Kier alpha value is -0.820. The molecule has 0 saturated heterocycles. The molecule has 2 heteroatoms. The van der Waals surface area contributed by atoms with E-state index in [9.17, 15) is 4.79 Å². The van der Waals surface area contributed by atoms with Crippen LogP contribution in [0.3, 0.4) is 0 Å². The maximum atomic E-state index is 11.1. The second-order valence-electron chi connectivity index (χ2n) is 3.83. The molecule has 0 fully saturated rings. The highest BCUT2D eigenvalue weighted by molar-refractivity contribution is 6.64. The van der Waals surface area contributed by atoms with Crippen LogP contribution in [0.5, 0.6) is 0 Å². The van der Waals surface area contributed by atoms with Crippen LogP contribution in [-0.4, -0.2) is 5.24 Å². The molecule has 82 valence electrons. The number of hydrogen-bond donors (Lipinski definition) is 0. The van der Waals surface area contributed by atoms with Crippen LogP contribution in [0.1, 0.15) is 43.7 Å². The van der Waals surface area contributed by atoms with Gasteiger partial charge in [0.15, 0.2) is 0 Å². The van der Waals surface area contributed by atoms with Crippen molar-refractivity contribution in [3.8, 4) is 0 Å². The maximum absolute atomic E-state index is 11.1. The number of carbonyl (C=O) groups excluding carboxylic acids is 1. The number of halogens is 1. The number of rotatable bonds is 5. The van der Waals surface area contributed by atoms with E-state index in [0.29, 0.717) is 0 Å². The van der Waals surface area contributed by atoms with E-state index in [-0.39, 0.29) is 11.2 Å². The van der Waals surface area contributed by atoms with Gasteiger partial charge in [-0.1, -0.05) is 44.5 Å². The topological polar surface area (TPSA) is 17.1 Å². The van der Waals surface area contributed by atoms with Crippen molar-refractivity contribution in [3.05, 3.63) is 35.4 Å². The average Bonchev–Trinajstić information content (AvgIpc) is 2.25. The lowest BCUT2D eigenvalue weighted by Gasteiger charge is -2.12. The van der Waals surface area contributed by atoms with E-state index in [0.717, 1.165) is 24.8 Å². The summed E-state index contributed by atoms with van der Waals surface area (Å²) in [5, 5.41) is -0.279. The first kappa shape index (κ1) is 12.3. The van der Waals surface area contributed by atoms with Crippen molar-refractivity contribution in [2.75, 3.05) is 0 Å². The predicted molar refractivity (Wildman–Crippen MR) is 64.3 cm³/mol. The molecule has 15 heavy (non-hydrogen) atoms. The molecule has 0 saturated carbocycles. The summed E-state index contributed by atoms with van der Waals surface area (Å²) < 4.78 is 0. The molecular weight excluding hydrogens is 208 g/mol. The van der Waals surface area contributed by atoms with Crippen LogP contribution in [-0.2, 0) is 11.2 Å². The minimum atomic E-state index is -0.279. The fourth-order valence-corrected chi connectivity index (χ4v) is 1.79. The lowest BCUT2D eigenvalue weighted by molar-refractivity contribution is -0.112. The first-order chi connectivity index (χ1) is 7.16. The lowest BCUT2D eigenvalue weighted by Crippen LogP contribution is -2.05. The Balaban J connectivity index is 2.90. The second kappa shape index (κ2) is 5.92. The van der Waals surface area contributed by atoms with Gasteiger partial charge in [-0.15, -0.1) is 0 Å². The van der Waals surface area contributed by atoms with Gasteiger partial charge >= 0.3 is 0 Å². The van der Waals surface area contributed by atoms with E-state index in [1.165, 1.54) is 5.56 Å².